The monoisotopic (exact) mass is 280 g/mol. The van der Waals surface area contributed by atoms with E-state index in [9.17, 15) is 0 Å². The minimum Gasteiger partial charge on any atom is -0.485 e. The standard InChI is InChI=1S/C18H20N2O/c1-11-8-9-15-12(10-11)16-17(18(2,3)21-15)20-14-7-5-4-6-13(14)19-16/h4-10,16-17,19-20H,1-3H3/t16-,17-/m1/s1. The lowest BCUT2D eigenvalue weighted by Gasteiger charge is -2.48. The minimum absolute atomic E-state index is 0.196. The lowest BCUT2D eigenvalue weighted by Crippen LogP contribution is -2.56. The molecule has 2 aromatic carbocycles. The molecule has 0 saturated heterocycles. The Hall–Kier alpha value is -2.16. The SMILES string of the molecule is Cc1ccc2c(c1)[C@H]1Nc3ccccc3N[C@H]1C(C)(C)O2. The molecule has 3 heteroatoms. The summed E-state index contributed by atoms with van der Waals surface area (Å²) in [5.41, 5.74) is 4.53. The number of benzene rings is 2. The maximum atomic E-state index is 6.26. The first-order chi connectivity index (χ1) is 10.0. The highest BCUT2D eigenvalue weighted by Crippen LogP contribution is 2.46. The van der Waals surface area contributed by atoms with Crippen LogP contribution in [-0.2, 0) is 0 Å². The first-order valence-corrected chi connectivity index (χ1v) is 7.46. The van der Waals surface area contributed by atoms with Gasteiger partial charge in [-0.25, -0.2) is 0 Å². The second-order valence-electron chi connectivity index (χ2n) is 6.54. The zero-order chi connectivity index (χ0) is 14.6. The molecule has 0 radical (unpaired) electrons. The summed E-state index contributed by atoms with van der Waals surface area (Å²) in [5, 5.41) is 7.36. The Balaban J connectivity index is 1.86. The molecular weight excluding hydrogens is 260 g/mol. The van der Waals surface area contributed by atoms with Crippen molar-refractivity contribution in [3.05, 3.63) is 53.6 Å². The Morgan fingerprint density at radius 3 is 2.48 bits per heavy atom. The number of rotatable bonds is 0. The fraction of sp³-hybridized carbons (Fsp3) is 0.333. The third kappa shape index (κ3) is 1.88. The molecule has 2 heterocycles. The summed E-state index contributed by atoms with van der Waals surface area (Å²) in [6.45, 7) is 6.42. The predicted molar refractivity (Wildman–Crippen MR) is 86.1 cm³/mol. The number of fused-ring (bicyclic) bond motifs is 4. The average Bonchev–Trinajstić information content (AvgIpc) is 2.47. The van der Waals surface area contributed by atoms with Gasteiger partial charge in [-0.2, -0.15) is 0 Å². The van der Waals surface area contributed by atoms with Crippen molar-refractivity contribution in [1.29, 1.82) is 0 Å². The lowest BCUT2D eigenvalue weighted by atomic mass is 9.82. The van der Waals surface area contributed by atoms with Crippen LogP contribution in [0.1, 0.15) is 31.0 Å². The van der Waals surface area contributed by atoms with Gasteiger partial charge in [-0.15, -0.1) is 0 Å². The molecule has 0 unspecified atom stereocenters. The van der Waals surface area contributed by atoms with E-state index in [-0.39, 0.29) is 17.7 Å². The second-order valence-corrected chi connectivity index (χ2v) is 6.54. The van der Waals surface area contributed by atoms with Gasteiger partial charge < -0.3 is 15.4 Å². The Labute approximate surface area is 125 Å². The van der Waals surface area contributed by atoms with Crippen molar-refractivity contribution < 1.29 is 4.74 Å². The largest absolute Gasteiger partial charge is 0.485 e. The van der Waals surface area contributed by atoms with Crippen LogP contribution in [0, 0.1) is 6.92 Å². The van der Waals surface area contributed by atoms with Gasteiger partial charge in [-0.05, 0) is 39.0 Å². The van der Waals surface area contributed by atoms with E-state index >= 15 is 0 Å². The Kier molecular flexibility index (Phi) is 2.49. The number of aryl methyl sites for hydroxylation is 1. The van der Waals surface area contributed by atoms with Crippen LogP contribution in [0.15, 0.2) is 42.5 Å². The number of hydrogen-bond acceptors (Lipinski definition) is 3. The molecule has 4 rings (SSSR count). The van der Waals surface area contributed by atoms with E-state index in [1.807, 2.05) is 0 Å². The zero-order valence-corrected chi connectivity index (χ0v) is 12.6. The van der Waals surface area contributed by atoms with E-state index in [1.54, 1.807) is 0 Å². The third-order valence-electron chi connectivity index (χ3n) is 4.50. The Morgan fingerprint density at radius 2 is 1.71 bits per heavy atom. The van der Waals surface area contributed by atoms with Crippen LogP contribution in [0.5, 0.6) is 5.75 Å². The topological polar surface area (TPSA) is 33.3 Å². The highest BCUT2D eigenvalue weighted by Gasteiger charge is 2.46. The molecule has 0 bridgehead atoms. The van der Waals surface area contributed by atoms with E-state index in [0.29, 0.717) is 0 Å². The number of anilines is 2. The second kappa shape index (κ2) is 4.17. The van der Waals surface area contributed by atoms with Gasteiger partial charge in [-0.1, -0.05) is 29.8 Å². The van der Waals surface area contributed by atoms with Crippen molar-refractivity contribution in [2.24, 2.45) is 0 Å². The van der Waals surface area contributed by atoms with E-state index in [1.165, 1.54) is 11.1 Å². The van der Waals surface area contributed by atoms with Gasteiger partial charge in [0.25, 0.3) is 0 Å². The molecule has 2 aliphatic rings. The van der Waals surface area contributed by atoms with Gasteiger partial charge in [0.1, 0.15) is 11.4 Å². The van der Waals surface area contributed by atoms with Crippen molar-refractivity contribution in [2.45, 2.75) is 38.5 Å². The maximum Gasteiger partial charge on any atom is 0.126 e. The van der Waals surface area contributed by atoms with Crippen molar-refractivity contribution in [2.75, 3.05) is 10.6 Å². The summed E-state index contributed by atoms with van der Waals surface area (Å²) in [6, 6.07) is 15.2. The minimum atomic E-state index is -0.270. The summed E-state index contributed by atoms with van der Waals surface area (Å²) in [4.78, 5) is 0. The van der Waals surface area contributed by atoms with Crippen molar-refractivity contribution in [3.8, 4) is 5.75 Å². The molecule has 2 aliphatic heterocycles. The molecule has 0 saturated carbocycles. The molecule has 2 aromatic rings. The molecule has 0 fully saturated rings. The van der Waals surface area contributed by atoms with E-state index in [2.05, 4.69) is 73.9 Å². The van der Waals surface area contributed by atoms with Crippen LogP contribution in [0.3, 0.4) is 0 Å². The molecule has 2 atom stereocenters. The zero-order valence-electron chi connectivity index (χ0n) is 12.6. The summed E-state index contributed by atoms with van der Waals surface area (Å²) in [6.07, 6.45) is 0. The first-order valence-electron chi connectivity index (χ1n) is 7.46. The molecule has 0 aromatic heterocycles. The van der Waals surface area contributed by atoms with Crippen LogP contribution in [0.4, 0.5) is 11.4 Å². The van der Waals surface area contributed by atoms with Gasteiger partial charge in [-0.3, -0.25) is 0 Å². The van der Waals surface area contributed by atoms with E-state index in [0.717, 1.165) is 17.1 Å². The summed E-state index contributed by atoms with van der Waals surface area (Å²) >= 11 is 0. The van der Waals surface area contributed by atoms with E-state index in [4.69, 9.17) is 4.74 Å². The summed E-state index contributed by atoms with van der Waals surface area (Å²) in [5.74, 6) is 0.987. The molecular formula is C18H20N2O. The van der Waals surface area contributed by atoms with Gasteiger partial charge in [0, 0.05) is 5.56 Å². The van der Waals surface area contributed by atoms with Gasteiger partial charge >= 0.3 is 0 Å². The summed E-state index contributed by atoms with van der Waals surface area (Å²) in [7, 11) is 0. The highest BCUT2D eigenvalue weighted by atomic mass is 16.5. The molecule has 0 amide bonds. The van der Waals surface area contributed by atoms with Crippen molar-refractivity contribution >= 4 is 11.4 Å². The fourth-order valence-corrected chi connectivity index (χ4v) is 3.42. The number of ether oxygens (including phenoxy) is 1. The first kappa shape index (κ1) is 12.6. The molecule has 0 aliphatic carbocycles. The summed E-state index contributed by atoms with van der Waals surface area (Å²) < 4.78 is 6.26. The normalized spacial score (nSPS) is 24.5. The smallest absolute Gasteiger partial charge is 0.126 e. The van der Waals surface area contributed by atoms with Crippen molar-refractivity contribution in [1.82, 2.24) is 0 Å². The van der Waals surface area contributed by atoms with Gasteiger partial charge in [0.2, 0.25) is 0 Å². The molecule has 108 valence electrons. The average molecular weight is 280 g/mol. The number of hydrogen-bond donors (Lipinski definition) is 2. The van der Waals surface area contributed by atoms with Gasteiger partial charge in [0.05, 0.1) is 23.5 Å². The van der Waals surface area contributed by atoms with Gasteiger partial charge in [0.15, 0.2) is 0 Å². The Morgan fingerprint density at radius 1 is 1.00 bits per heavy atom. The van der Waals surface area contributed by atoms with E-state index < -0.39 is 0 Å². The lowest BCUT2D eigenvalue weighted by molar-refractivity contribution is 0.0610. The molecule has 21 heavy (non-hydrogen) atoms. The quantitative estimate of drug-likeness (QED) is 0.762. The van der Waals surface area contributed by atoms with Crippen LogP contribution >= 0.6 is 0 Å². The Bertz CT molecular complexity index is 708. The fourth-order valence-electron chi connectivity index (χ4n) is 3.42. The molecule has 2 N–H and O–H groups in total. The van der Waals surface area contributed by atoms with Crippen LogP contribution in [-0.4, -0.2) is 11.6 Å². The van der Waals surface area contributed by atoms with Crippen LogP contribution < -0.4 is 15.4 Å². The van der Waals surface area contributed by atoms with Crippen molar-refractivity contribution in [3.63, 3.8) is 0 Å². The number of nitrogens with one attached hydrogen (secondary N) is 2. The molecule has 3 nitrogen and oxygen atoms in total. The van der Waals surface area contributed by atoms with Crippen LogP contribution in [0.25, 0.3) is 0 Å². The third-order valence-corrected chi connectivity index (χ3v) is 4.50. The van der Waals surface area contributed by atoms with Crippen LogP contribution in [0.2, 0.25) is 0 Å². The highest BCUT2D eigenvalue weighted by molar-refractivity contribution is 5.73. The predicted octanol–water partition coefficient (Wildman–Crippen LogP) is 4.11. The maximum absolute atomic E-state index is 6.26. The molecule has 0 spiro atoms. The number of para-hydroxylation sites is 2.